The SMILES string of the molecule is CC(C)CN(Cc1ccccc1)c1ccc(B2OCC(C)(C)CO2)cc1N.CC(C)CN(Cc1ccccc1)c1ccc(Br)cc1N.CC1(C)COB(B2OCC(C)(C)CO2)OC1. The Morgan fingerprint density at radius 1 is 0.524 bits per heavy atom. The van der Waals surface area contributed by atoms with Crippen LogP contribution >= 0.6 is 15.9 Å². The molecule has 0 amide bonds. The molecule has 3 aliphatic heterocycles. The van der Waals surface area contributed by atoms with Gasteiger partial charge in [-0.3, -0.25) is 0 Å². The van der Waals surface area contributed by atoms with E-state index in [2.05, 4.69) is 162 Å². The van der Waals surface area contributed by atoms with Crippen LogP contribution in [0.1, 0.15) is 80.4 Å². The van der Waals surface area contributed by atoms with Gasteiger partial charge in [0, 0.05) is 86.5 Å². The number of rotatable bonds is 12. The third kappa shape index (κ3) is 16.5. The van der Waals surface area contributed by atoms with Gasteiger partial charge in [0.15, 0.2) is 0 Å². The van der Waals surface area contributed by atoms with Crippen molar-refractivity contribution >= 4 is 65.3 Å². The van der Waals surface area contributed by atoms with Crippen molar-refractivity contribution in [2.24, 2.45) is 28.1 Å². The van der Waals surface area contributed by atoms with Crippen molar-refractivity contribution in [3.8, 4) is 0 Å². The van der Waals surface area contributed by atoms with Crippen LogP contribution in [0.3, 0.4) is 0 Å². The molecule has 10 nitrogen and oxygen atoms in total. The van der Waals surface area contributed by atoms with E-state index in [0.29, 0.717) is 51.5 Å². The van der Waals surface area contributed by atoms with Gasteiger partial charge in [-0.2, -0.15) is 0 Å². The maximum Gasteiger partial charge on any atom is 0.493 e. The minimum atomic E-state index is -0.371. The lowest BCUT2D eigenvalue weighted by Gasteiger charge is -2.38. The first-order valence-corrected chi connectivity index (χ1v) is 23.3. The first-order valence-electron chi connectivity index (χ1n) is 22.5. The van der Waals surface area contributed by atoms with Crippen molar-refractivity contribution in [1.29, 1.82) is 0 Å². The van der Waals surface area contributed by atoms with Gasteiger partial charge >= 0.3 is 21.1 Å². The van der Waals surface area contributed by atoms with Gasteiger partial charge < -0.3 is 49.2 Å². The van der Waals surface area contributed by atoms with Gasteiger partial charge in [0.25, 0.3) is 0 Å². The molecule has 3 fully saturated rings. The summed E-state index contributed by atoms with van der Waals surface area (Å²) in [6.07, 6.45) is 0. The van der Waals surface area contributed by atoms with Crippen LogP contribution in [0.2, 0.25) is 0 Å². The summed E-state index contributed by atoms with van der Waals surface area (Å²) in [4.78, 5) is 4.70. The van der Waals surface area contributed by atoms with Crippen LogP contribution in [0.4, 0.5) is 22.7 Å². The number of anilines is 4. The fourth-order valence-electron chi connectivity index (χ4n) is 7.42. The molecule has 0 unspecified atom stereocenters. The molecule has 4 aromatic rings. The topological polar surface area (TPSA) is 114 Å². The molecule has 0 spiro atoms. The van der Waals surface area contributed by atoms with E-state index >= 15 is 0 Å². The highest BCUT2D eigenvalue weighted by Gasteiger charge is 2.47. The highest BCUT2D eigenvalue weighted by atomic mass is 79.9. The van der Waals surface area contributed by atoms with Gasteiger partial charge in [-0.15, -0.1) is 0 Å². The van der Waals surface area contributed by atoms with Crippen molar-refractivity contribution in [3.63, 3.8) is 0 Å². The largest absolute Gasteiger partial charge is 0.493 e. The predicted octanol–water partition coefficient (Wildman–Crippen LogP) is 9.58. The van der Waals surface area contributed by atoms with Crippen LogP contribution in [0.5, 0.6) is 0 Å². The number of nitrogens with zero attached hydrogens (tertiary/aromatic N) is 2. The smallest absolute Gasteiger partial charge is 0.413 e. The third-order valence-electron chi connectivity index (χ3n) is 10.6. The van der Waals surface area contributed by atoms with E-state index in [0.717, 1.165) is 58.9 Å². The Bertz CT molecular complexity index is 1940. The number of hydrogen-bond acceptors (Lipinski definition) is 10. The summed E-state index contributed by atoms with van der Waals surface area (Å²) in [6, 6.07) is 33.3. The van der Waals surface area contributed by atoms with Crippen molar-refractivity contribution in [3.05, 3.63) is 113 Å². The van der Waals surface area contributed by atoms with Gasteiger partial charge in [0.2, 0.25) is 0 Å². The first-order chi connectivity index (χ1) is 29.8. The van der Waals surface area contributed by atoms with Crippen LogP contribution in [-0.4, -0.2) is 73.9 Å². The van der Waals surface area contributed by atoms with Gasteiger partial charge in [0.05, 0.1) is 22.7 Å². The molecule has 4 aromatic carbocycles. The molecule has 0 saturated carbocycles. The maximum atomic E-state index is 6.46. The van der Waals surface area contributed by atoms with E-state index in [1.807, 2.05) is 30.3 Å². The number of halogens is 1. The second-order valence-electron chi connectivity index (χ2n) is 20.5. The fraction of sp³-hybridized carbons (Fsp3) is 0.510. The summed E-state index contributed by atoms with van der Waals surface area (Å²) in [7, 11) is -1.07. The van der Waals surface area contributed by atoms with Crippen molar-refractivity contribution in [1.82, 2.24) is 0 Å². The van der Waals surface area contributed by atoms with Crippen LogP contribution in [0, 0.1) is 28.1 Å². The Kier molecular flexibility index (Phi) is 18.5. The van der Waals surface area contributed by atoms with Gasteiger partial charge in [-0.05, 0) is 58.8 Å². The summed E-state index contributed by atoms with van der Waals surface area (Å²) in [5.74, 6) is 1.13. The molecule has 3 heterocycles. The molecular formula is C49H72B3BrN4O6. The van der Waals surface area contributed by atoms with E-state index < -0.39 is 0 Å². The zero-order valence-corrected chi connectivity index (χ0v) is 41.2. The van der Waals surface area contributed by atoms with Crippen molar-refractivity contribution < 1.29 is 27.9 Å². The standard InChI is InChI=1S/C22H31BN2O2.C17H21BrN2.C10H20B2O4/c1-17(2)13-25(14-18-8-6-5-7-9-18)21-11-10-19(12-20(21)24)23-26-15-22(3,4)16-27-23;1-13(2)11-20(12-14-6-4-3-5-7-14)17-9-8-15(18)10-16(17)19;1-9(2)5-13-11(14-6-9)12-15-7-10(3,4)8-16-12/h5-12,17H,13-16,24H2,1-4H3;3-10,13H,11-12,19H2,1-2H3;5-8H2,1-4H3. The monoisotopic (exact) mass is 924 g/mol. The Morgan fingerprint density at radius 3 is 1.25 bits per heavy atom. The lowest BCUT2D eigenvalue weighted by molar-refractivity contribution is 0.00624. The molecule has 0 bridgehead atoms. The molecule has 63 heavy (non-hydrogen) atoms. The minimum absolute atomic E-state index is 0.0612. The highest BCUT2D eigenvalue weighted by molar-refractivity contribution is 9.10. The van der Waals surface area contributed by atoms with Crippen LogP contribution < -0.4 is 26.7 Å². The Labute approximate surface area is 388 Å². The quantitative estimate of drug-likeness (QED) is 0.105. The molecule has 0 radical (unpaired) electrons. The van der Waals surface area contributed by atoms with E-state index in [4.69, 9.17) is 39.4 Å². The summed E-state index contributed by atoms with van der Waals surface area (Å²) in [6.45, 7) is 29.5. The van der Waals surface area contributed by atoms with Crippen LogP contribution in [0.15, 0.2) is 102 Å². The van der Waals surface area contributed by atoms with E-state index in [-0.39, 0.29) is 37.4 Å². The molecule has 0 aromatic heterocycles. The first kappa shape index (κ1) is 50.5. The number of benzene rings is 4. The number of nitrogens with two attached hydrogens (primary N) is 2. The number of hydrogen-bond donors (Lipinski definition) is 2. The zero-order chi connectivity index (χ0) is 45.8. The van der Waals surface area contributed by atoms with E-state index in [9.17, 15) is 0 Å². The molecule has 3 aliphatic rings. The summed E-state index contributed by atoms with van der Waals surface area (Å²) in [5.41, 5.74) is 20.2. The van der Waals surface area contributed by atoms with Crippen LogP contribution in [0.25, 0.3) is 0 Å². The predicted molar refractivity (Wildman–Crippen MR) is 268 cm³/mol. The molecule has 7 rings (SSSR count). The normalized spacial score (nSPS) is 18.0. The van der Waals surface area contributed by atoms with Gasteiger partial charge in [0.1, 0.15) is 0 Å². The minimum Gasteiger partial charge on any atom is -0.413 e. The molecule has 4 N–H and O–H groups in total. The lowest BCUT2D eigenvalue weighted by Crippen LogP contribution is -2.56. The molecule has 14 heteroatoms. The molecular weight excluding hydrogens is 853 g/mol. The Hall–Kier alpha value is -3.49. The number of nitrogen functional groups attached to an aromatic ring is 2. The highest BCUT2D eigenvalue weighted by Crippen LogP contribution is 2.30. The molecule has 0 aliphatic carbocycles. The Morgan fingerprint density at radius 2 is 0.889 bits per heavy atom. The maximum absolute atomic E-state index is 6.46. The average Bonchev–Trinajstić information content (AvgIpc) is 3.21. The summed E-state index contributed by atoms with van der Waals surface area (Å²) < 4.78 is 35.3. The molecule has 340 valence electrons. The zero-order valence-electron chi connectivity index (χ0n) is 39.6. The Balaban J connectivity index is 0.000000185. The second-order valence-corrected chi connectivity index (χ2v) is 21.4. The third-order valence-corrected chi connectivity index (χ3v) is 11.1. The second kappa shape index (κ2) is 23.1. The van der Waals surface area contributed by atoms with Gasteiger partial charge in [-0.1, -0.05) is 152 Å². The molecule has 0 atom stereocenters. The molecule has 3 saturated heterocycles. The fourth-order valence-corrected chi connectivity index (χ4v) is 7.79. The van der Waals surface area contributed by atoms with E-state index in [1.165, 1.54) is 11.1 Å². The average molecular weight is 925 g/mol. The van der Waals surface area contributed by atoms with Crippen LogP contribution in [-0.2, 0) is 41.0 Å². The summed E-state index contributed by atoms with van der Waals surface area (Å²) >= 11 is 3.46. The lowest BCUT2D eigenvalue weighted by atomic mass is 9.47. The van der Waals surface area contributed by atoms with Crippen molar-refractivity contribution in [2.45, 2.75) is 82.3 Å². The summed E-state index contributed by atoms with van der Waals surface area (Å²) in [5, 5.41) is 0. The van der Waals surface area contributed by atoms with Crippen molar-refractivity contribution in [2.75, 3.05) is 74.0 Å². The van der Waals surface area contributed by atoms with E-state index in [1.54, 1.807) is 0 Å². The van der Waals surface area contributed by atoms with Gasteiger partial charge in [-0.25, -0.2) is 0 Å².